The van der Waals surface area contributed by atoms with Gasteiger partial charge in [-0.15, -0.1) is 0 Å². The van der Waals surface area contributed by atoms with Crippen LogP contribution in [0.2, 0.25) is 0 Å². The first-order chi connectivity index (χ1) is 14.5. The Kier molecular flexibility index (Phi) is 13.5. The molecule has 0 aromatic carbocycles. The van der Waals surface area contributed by atoms with Crippen molar-refractivity contribution in [3.63, 3.8) is 0 Å². The average molecular weight is 419 g/mol. The van der Waals surface area contributed by atoms with Gasteiger partial charge in [-0.05, 0) is 71.5 Å². The molecule has 0 heteroatoms. The van der Waals surface area contributed by atoms with Crippen LogP contribution in [0.3, 0.4) is 0 Å². The normalized spacial score (nSPS) is 14.3. The smallest absolute Gasteiger partial charge is 0.0196 e. The van der Waals surface area contributed by atoms with Crippen molar-refractivity contribution in [2.45, 2.75) is 73.6 Å². The molecule has 0 radical (unpaired) electrons. The Morgan fingerprint density at radius 1 is 0.742 bits per heavy atom. The van der Waals surface area contributed by atoms with Crippen molar-refractivity contribution >= 4 is 0 Å². The van der Waals surface area contributed by atoms with Crippen LogP contribution < -0.4 is 0 Å². The molecule has 2 atom stereocenters. The summed E-state index contributed by atoms with van der Waals surface area (Å²) < 4.78 is 0. The molecule has 0 heterocycles. The molecule has 170 valence electrons. The van der Waals surface area contributed by atoms with Crippen molar-refractivity contribution in [1.29, 1.82) is 0 Å². The molecule has 0 saturated carbocycles. The van der Waals surface area contributed by atoms with Gasteiger partial charge in [-0.2, -0.15) is 0 Å². The van der Waals surface area contributed by atoms with Crippen LogP contribution in [-0.4, -0.2) is 0 Å². The Balaban J connectivity index is 5.27. The van der Waals surface area contributed by atoms with E-state index in [-0.39, 0.29) is 0 Å². The molecule has 0 saturated heterocycles. The monoisotopic (exact) mass is 418 g/mol. The molecule has 0 aromatic rings. The van der Waals surface area contributed by atoms with Crippen LogP contribution in [0.25, 0.3) is 0 Å². The lowest BCUT2D eigenvalue weighted by Crippen LogP contribution is -2.01. The van der Waals surface area contributed by atoms with Gasteiger partial charge >= 0.3 is 0 Å². The van der Waals surface area contributed by atoms with Gasteiger partial charge in [-0.3, -0.25) is 0 Å². The second-order valence-corrected chi connectivity index (χ2v) is 8.77. The predicted molar refractivity (Wildman–Crippen MR) is 144 cm³/mol. The molecular formula is C31H46. The van der Waals surface area contributed by atoms with E-state index in [4.69, 9.17) is 0 Å². The summed E-state index contributed by atoms with van der Waals surface area (Å²) in [5, 5.41) is 0. The first-order valence-electron chi connectivity index (χ1n) is 11.7. The number of hydrogen-bond donors (Lipinski definition) is 0. The van der Waals surface area contributed by atoms with Crippen molar-refractivity contribution in [2.24, 2.45) is 11.8 Å². The van der Waals surface area contributed by atoms with Crippen LogP contribution >= 0.6 is 0 Å². The Hall–Kier alpha value is -2.34. The van der Waals surface area contributed by atoms with Gasteiger partial charge in [-0.25, -0.2) is 0 Å². The van der Waals surface area contributed by atoms with E-state index in [9.17, 15) is 0 Å². The van der Waals surface area contributed by atoms with E-state index in [1.54, 1.807) is 0 Å². The summed E-state index contributed by atoms with van der Waals surface area (Å²) in [7, 11) is 0. The molecule has 0 aliphatic heterocycles. The highest BCUT2D eigenvalue weighted by Crippen LogP contribution is 2.27. The van der Waals surface area contributed by atoms with E-state index < -0.39 is 0 Å². The summed E-state index contributed by atoms with van der Waals surface area (Å²) in [5.74, 6) is 1.24. The van der Waals surface area contributed by atoms with Gasteiger partial charge in [0.1, 0.15) is 0 Å². The van der Waals surface area contributed by atoms with Gasteiger partial charge < -0.3 is 0 Å². The van der Waals surface area contributed by atoms with Gasteiger partial charge in [0.15, 0.2) is 0 Å². The van der Waals surface area contributed by atoms with Crippen molar-refractivity contribution in [3.8, 4) is 0 Å². The largest absolute Gasteiger partial charge is 0.0958 e. The third-order valence-electron chi connectivity index (χ3n) is 6.17. The Morgan fingerprint density at radius 2 is 1.35 bits per heavy atom. The Morgan fingerprint density at radius 3 is 1.87 bits per heavy atom. The molecule has 0 rings (SSSR count). The molecular weight excluding hydrogens is 372 g/mol. The van der Waals surface area contributed by atoms with E-state index in [1.807, 2.05) is 12.2 Å². The Bertz CT molecular complexity index is 788. The van der Waals surface area contributed by atoms with E-state index in [0.717, 1.165) is 63.3 Å². The number of allylic oxidation sites excluding steroid dienone is 12. The minimum Gasteiger partial charge on any atom is -0.0958 e. The quantitative estimate of drug-likeness (QED) is 0.232. The minimum absolute atomic E-state index is 0.472. The summed E-state index contributed by atoms with van der Waals surface area (Å²) in [5.41, 5.74) is 8.15. The van der Waals surface area contributed by atoms with Crippen LogP contribution in [0.4, 0.5) is 0 Å². The zero-order valence-corrected chi connectivity index (χ0v) is 21.2. The van der Waals surface area contributed by atoms with Crippen molar-refractivity contribution in [3.05, 3.63) is 108 Å². The van der Waals surface area contributed by atoms with E-state index in [2.05, 4.69) is 93.2 Å². The summed E-state index contributed by atoms with van der Waals surface area (Å²) in [4.78, 5) is 0. The van der Waals surface area contributed by atoms with Gasteiger partial charge in [0.2, 0.25) is 0 Å². The molecule has 0 amide bonds. The van der Waals surface area contributed by atoms with Gasteiger partial charge in [0, 0.05) is 0 Å². The maximum atomic E-state index is 4.31. The molecule has 0 aliphatic rings. The standard InChI is InChI=1S/C31H46/c1-13-22(4)16-18-24(6)26(8)20-27(9)29(11)28(10)21-31(15-3)30(12)25(7)19-17-23(5)14-2/h17,19-22,24H,5,7-8,10-16,18H2,1-4,6,9H3/b19-17-,27-20-,31-21-. The first-order valence-corrected chi connectivity index (χ1v) is 11.7. The molecule has 0 bridgehead atoms. The first kappa shape index (κ1) is 28.7. The molecule has 0 spiro atoms. The SMILES string of the molecule is C=C(/C=C\C(=C)C(=C)/C(=C\C(=C)C(=C)/C(C)=C\C(=C)C(C)CCC(C)CC)CC)CC. The topological polar surface area (TPSA) is 0 Å². The summed E-state index contributed by atoms with van der Waals surface area (Å²) >= 11 is 0. The van der Waals surface area contributed by atoms with E-state index >= 15 is 0 Å². The number of hydrogen-bond acceptors (Lipinski definition) is 0. The van der Waals surface area contributed by atoms with Crippen molar-refractivity contribution in [1.82, 2.24) is 0 Å². The second kappa shape index (κ2) is 14.6. The summed E-state index contributed by atoms with van der Waals surface area (Å²) in [6.45, 7) is 38.4. The Labute approximate surface area is 193 Å². The van der Waals surface area contributed by atoms with Crippen LogP contribution in [0.15, 0.2) is 108 Å². The summed E-state index contributed by atoms with van der Waals surface area (Å²) in [6, 6.07) is 0. The molecule has 0 aromatic heterocycles. The van der Waals surface area contributed by atoms with Crippen molar-refractivity contribution < 1.29 is 0 Å². The van der Waals surface area contributed by atoms with Crippen molar-refractivity contribution in [2.75, 3.05) is 0 Å². The second-order valence-electron chi connectivity index (χ2n) is 8.77. The highest BCUT2D eigenvalue weighted by atomic mass is 14.2. The lowest BCUT2D eigenvalue weighted by molar-refractivity contribution is 0.454. The van der Waals surface area contributed by atoms with Crippen LogP contribution in [0, 0.1) is 11.8 Å². The molecule has 0 N–H and O–H groups in total. The fraction of sp³-hybridized carbons (Fsp3) is 0.419. The zero-order chi connectivity index (χ0) is 24.1. The fourth-order valence-corrected chi connectivity index (χ4v) is 3.03. The summed E-state index contributed by atoms with van der Waals surface area (Å²) in [6.07, 6.45) is 13.7. The highest BCUT2D eigenvalue weighted by Gasteiger charge is 2.10. The van der Waals surface area contributed by atoms with E-state index in [1.165, 1.54) is 19.3 Å². The third kappa shape index (κ3) is 10.5. The predicted octanol–water partition coefficient (Wildman–Crippen LogP) is 10.0. The lowest BCUT2D eigenvalue weighted by Gasteiger charge is -2.16. The van der Waals surface area contributed by atoms with Gasteiger partial charge in [0.25, 0.3) is 0 Å². The lowest BCUT2D eigenvalue weighted by atomic mass is 9.89. The van der Waals surface area contributed by atoms with Gasteiger partial charge in [0.05, 0.1) is 0 Å². The van der Waals surface area contributed by atoms with Crippen LogP contribution in [-0.2, 0) is 0 Å². The zero-order valence-electron chi connectivity index (χ0n) is 21.2. The fourth-order valence-electron chi connectivity index (χ4n) is 3.03. The minimum atomic E-state index is 0.472. The average Bonchev–Trinajstić information content (AvgIpc) is 2.76. The van der Waals surface area contributed by atoms with Crippen LogP contribution in [0.5, 0.6) is 0 Å². The highest BCUT2D eigenvalue weighted by molar-refractivity contribution is 5.56. The third-order valence-corrected chi connectivity index (χ3v) is 6.17. The maximum Gasteiger partial charge on any atom is -0.0196 e. The molecule has 0 aliphatic carbocycles. The molecule has 2 unspecified atom stereocenters. The molecule has 0 nitrogen and oxygen atoms in total. The number of rotatable bonds is 15. The van der Waals surface area contributed by atoms with Gasteiger partial charge in [-0.1, -0.05) is 122 Å². The molecule has 31 heavy (non-hydrogen) atoms. The van der Waals surface area contributed by atoms with Crippen LogP contribution in [0.1, 0.15) is 73.6 Å². The maximum absolute atomic E-state index is 4.31. The van der Waals surface area contributed by atoms with E-state index in [0.29, 0.717) is 5.92 Å². The molecule has 0 fully saturated rings.